The van der Waals surface area contributed by atoms with Gasteiger partial charge in [0.25, 0.3) is 15.5 Å². The standard InChI is InChI=1S/C6H2BrCl2F2NO2S/c7-3-1-2(5(10)11)6(12-4(3)8)15(9,13)14/h1,5H. The van der Waals surface area contributed by atoms with Crippen molar-refractivity contribution in [3.63, 3.8) is 0 Å². The molecule has 84 valence electrons. The molecule has 0 saturated heterocycles. The molecule has 0 aliphatic carbocycles. The lowest BCUT2D eigenvalue weighted by Crippen LogP contribution is -2.03. The highest BCUT2D eigenvalue weighted by Gasteiger charge is 2.25. The summed E-state index contributed by atoms with van der Waals surface area (Å²) in [5, 5.41) is -1.18. The number of aromatic nitrogens is 1. The molecular formula is C6H2BrCl2F2NO2S. The molecule has 0 unspecified atom stereocenters. The fraction of sp³-hybridized carbons (Fsp3) is 0.167. The van der Waals surface area contributed by atoms with E-state index in [1.807, 2.05) is 0 Å². The van der Waals surface area contributed by atoms with Crippen molar-refractivity contribution in [2.75, 3.05) is 0 Å². The fourth-order valence-electron chi connectivity index (χ4n) is 0.817. The number of alkyl halides is 2. The van der Waals surface area contributed by atoms with Gasteiger partial charge in [0.15, 0.2) is 5.03 Å². The molecule has 3 nitrogen and oxygen atoms in total. The molecule has 0 amide bonds. The molecule has 0 aliphatic rings. The van der Waals surface area contributed by atoms with E-state index in [2.05, 4.69) is 20.9 Å². The number of rotatable bonds is 2. The van der Waals surface area contributed by atoms with Gasteiger partial charge >= 0.3 is 0 Å². The normalized spacial score (nSPS) is 12.1. The van der Waals surface area contributed by atoms with Gasteiger partial charge in [-0.3, -0.25) is 0 Å². The first kappa shape index (κ1) is 13.1. The van der Waals surface area contributed by atoms with Crippen LogP contribution < -0.4 is 0 Å². The van der Waals surface area contributed by atoms with E-state index in [0.29, 0.717) is 0 Å². The van der Waals surface area contributed by atoms with Crippen LogP contribution in [-0.2, 0) is 9.05 Å². The zero-order valence-electron chi connectivity index (χ0n) is 6.72. The molecule has 1 rings (SSSR count). The molecule has 0 N–H and O–H groups in total. The van der Waals surface area contributed by atoms with Crippen molar-refractivity contribution >= 4 is 47.3 Å². The summed E-state index contributed by atoms with van der Waals surface area (Å²) in [6, 6.07) is 0.870. The summed E-state index contributed by atoms with van der Waals surface area (Å²) in [4.78, 5) is 3.28. The molecule has 0 spiro atoms. The first-order valence-corrected chi connectivity index (χ1v) is 6.80. The van der Waals surface area contributed by atoms with Crippen molar-refractivity contribution in [3.05, 3.63) is 21.3 Å². The third-order valence-electron chi connectivity index (χ3n) is 1.39. The van der Waals surface area contributed by atoms with Gasteiger partial charge in [0, 0.05) is 10.7 Å². The highest BCUT2D eigenvalue weighted by Crippen LogP contribution is 2.32. The second-order valence-corrected chi connectivity index (χ2v) is 6.09. The van der Waals surface area contributed by atoms with E-state index in [4.69, 9.17) is 22.3 Å². The van der Waals surface area contributed by atoms with E-state index in [9.17, 15) is 17.2 Å². The zero-order chi connectivity index (χ0) is 11.8. The maximum absolute atomic E-state index is 12.4. The van der Waals surface area contributed by atoms with Gasteiger partial charge in [0.05, 0.1) is 10.0 Å². The Bertz CT molecular complexity index is 494. The molecule has 1 aromatic rings. The molecule has 0 bridgehead atoms. The highest BCUT2D eigenvalue weighted by molar-refractivity contribution is 9.10. The Balaban J connectivity index is 3.56. The van der Waals surface area contributed by atoms with Crippen molar-refractivity contribution < 1.29 is 17.2 Å². The molecule has 15 heavy (non-hydrogen) atoms. The fourth-order valence-corrected chi connectivity index (χ4v) is 2.34. The van der Waals surface area contributed by atoms with Crippen LogP contribution in [0.1, 0.15) is 12.0 Å². The van der Waals surface area contributed by atoms with Crippen LogP contribution in [0.3, 0.4) is 0 Å². The largest absolute Gasteiger partial charge is 0.279 e. The first-order chi connectivity index (χ1) is 6.73. The van der Waals surface area contributed by atoms with Gasteiger partial charge < -0.3 is 0 Å². The second kappa shape index (κ2) is 4.48. The Morgan fingerprint density at radius 1 is 1.47 bits per heavy atom. The third kappa shape index (κ3) is 2.99. The SMILES string of the molecule is O=S(=O)(Cl)c1nc(Cl)c(Br)cc1C(F)F. The molecule has 1 aromatic heterocycles. The number of hydrogen-bond donors (Lipinski definition) is 0. The van der Waals surface area contributed by atoms with Crippen molar-refractivity contribution in [1.29, 1.82) is 0 Å². The van der Waals surface area contributed by atoms with Crippen LogP contribution in [0.25, 0.3) is 0 Å². The van der Waals surface area contributed by atoms with Crippen LogP contribution in [0.15, 0.2) is 15.6 Å². The van der Waals surface area contributed by atoms with Crippen molar-refractivity contribution in [2.45, 2.75) is 11.5 Å². The van der Waals surface area contributed by atoms with Gasteiger partial charge in [0.2, 0.25) is 0 Å². The van der Waals surface area contributed by atoms with Crippen molar-refractivity contribution in [2.24, 2.45) is 0 Å². The van der Waals surface area contributed by atoms with Crippen LogP contribution in [0.5, 0.6) is 0 Å². The van der Waals surface area contributed by atoms with Crippen molar-refractivity contribution in [1.82, 2.24) is 4.98 Å². The first-order valence-electron chi connectivity index (χ1n) is 3.32. The maximum Gasteiger partial charge on any atom is 0.279 e. The highest BCUT2D eigenvalue weighted by atomic mass is 79.9. The lowest BCUT2D eigenvalue weighted by atomic mass is 10.3. The minimum absolute atomic E-state index is 0.0727. The quantitative estimate of drug-likeness (QED) is 0.612. The number of hydrogen-bond acceptors (Lipinski definition) is 3. The minimum Gasteiger partial charge on any atom is -0.221 e. The van der Waals surface area contributed by atoms with Crippen LogP contribution >= 0.6 is 38.2 Å². The summed E-state index contributed by atoms with van der Waals surface area (Å²) < 4.78 is 46.8. The molecule has 0 saturated carbocycles. The smallest absolute Gasteiger partial charge is 0.221 e. The molecule has 0 aliphatic heterocycles. The monoisotopic (exact) mass is 339 g/mol. The number of halogens is 5. The zero-order valence-corrected chi connectivity index (χ0v) is 10.6. The summed E-state index contributed by atoms with van der Waals surface area (Å²) in [6.07, 6.45) is -3.01. The van der Waals surface area contributed by atoms with Crippen LogP contribution in [-0.4, -0.2) is 13.4 Å². The Morgan fingerprint density at radius 2 is 2.00 bits per heavy atom. The van der Waals surface area contributed by atoms with Crippen LogP contribution in [0.2, 0.25) is 5.15 Å². The summed E-state index contributed by atoms with van der Waals surface area (Å²) in [7, 11) is 0.593. The molecule has 0 aromatic carbocycles. The van der Waals surface area contributed by atoms with Gasteiger partial charge in [-0.25, -0.2) is 22.2 Å². The topological polar surface area (TPSA) is 47.0 Å². The predicted octanol–water partition coefficient (Wildman–Crippen LogP) is 3.36. The molecule has 1 heterocycles. The number of nitrogens with zero attached hydrogens (tertiary/aromatic N) is 1. The third-order valence-corrected chi connectivity index (χ3v) is 3.74. The van der Waals surface area contributed by atoms with Crippen LogP contribution in [0.4, 0.5) is 8.78 Å². The van der Waals surface area contributed by atoms with Crippen LogP contribution in [0, 0.1) is 0 Å². The Morgan fingerprint density at radius 3 is 2.40 bits per heavy atom. The molecule has 0 fully saturated rings. The average molecular weight is 341 g/mol. The molecular weight excluding hydrogens is 339 g/mol. The molecule has 0 atom stereocenters. The average Bonchev–Trinajstić information content (AvgIpc) is 2.06. The number of pyridine rings is 1. The van der Waals surface area contributed by atoms with Gasteiger partial charge in [-0.05, 0) is 22.0 Å². The second-order valence-electron chi connectivity index (χ2n) is 2.39. The summed E-state index contributed by atoms with van der Waals surface area (Å²) in [5.41, 5.74) is -0.790. The summed E-state index contributed by atoms with van der Waals surface area (Å²) >= 11 is 8.32. The lowest BCUT2D eigenvalue weighted by Gasteiger charge is -2.06. The van der Waals surface area contributed by atoms with E-state index in [-0.39, 0.29) is 9.63 Å². The van der Waals surface area contributed by atoms with E-state index in [0.717, 1.165) is 6.07 Å². The van der Waals surface area contributed by atoms with E-state index in [1.54, 1.807) is 0 Å². The lowest BCUT2D eigenvalue weighted by molar-refractivity contribution is 0.147. The van der Waals surface area contributed by atoms with E-state index >= 15 is 0 Å². The van der Waals surface area contributed by atoms with Gasteiger partial charge in [-0.1, -0.05) is 11.6 Å². The summed E-state index contributed by atoms with van der Waals surface area (Å²) in [5.74, 6) is 0. The minimum atomic E-state index is -4.34. The maximum atomic E-state index is 12.4. The Kier molecular flexibility index (Phi) is 3.91. The Labute approximate surface area is 102 Å². The van der Waals surface area contributed by atoms with Gasteiger partial charge in [-0.15, -0.1) is 0 Å². The van der Waals surface area contributed by atoms with E-state index in [1.165, 1.54) is 0 Å². The van der Waals surface area contributed by atoms with E-state index < -0.39 is 26.1 Å². The van der Waals surface area contributed by atoms with Crippen molar-refractivity contribution in [3.8, 4) is 0 Å². The Hall–Kier alpha value is 0.0200. The summed E-state index contributed by atoms with van der Waals surface area (Å²) in [6.45, 7) is 0. The van der Waals surface area contributed by atoms with Gasteiger partial charge in [0.1, 0.15) is 5.15 Å². The molecule has 9 heteroatoms. The molecule has 0 radical (unpaired) electrons. The van der Waals surface area contributed by atoms with Gasteiger partial charge in [-0.2, -0.15) is 0 Å². The predicted molar refractivity (Wildman–Crippen MR) is 54.9 cm³/mol.